The van der Waals surface area contributed by atoms with Gasteiger partial charge in [-0.25, -0.2) is 0 Å². The molecule has 0 heterocycles. The molecule has 0 spiro atoms. The van der Waals surface area contributed by atoms with Gasteiger partial charge in [-0.15, -0.1) is 24.8 Å². The van der Waals surface area contributed by atoms with E-state index < -0.39 is 0 Å². The molecule has 1 rings (SSSR count). The summed E-state index contributed by atoms with van der Waals surface area (Å²) in [6.45, 7) is 1.29. The SMILES string of the molecule is CNCCC(=O)NCc1ccccc1N(C)C.Cl.Cl. The van der Waals surface area contributed by atoms with Gasteiger partial charge in [-0.1, -0.05) is 18.2 Å². The summed E-state index contributed by atoms with van der Waals surface area (Å²) in [5.74, 6) is 0.0768. The van der Waals surface area contributed by atoms with Crippen LogP contribution in [-0.4, -0.2) is 33.6 Å². The van der Waals surface area contributed by atoms with Crippen LogP contribution in [0.2, 0.25) is 0 Å². The van der Waals surface area contributed by atoms with Gasteiger partial charge in [-0.05, 0) is 18.7 Å². The smallest absolute Gasteiger partial charge is 0.221 e. The van der Waals surface area contributed by atoms with E-state index in [1.165, 1.54) is 0 Å². The van der Waals surface area contributed by atoms with Crippen LogP contribution in [0.15, 0.2) is 24.3 Å². The lowest BCUT2D eigenvalue weighted by atomic mass is 10.1. The van der Waals surface area contributed by atoms with Crippen LogP contribution in [0, 0.1) is 0 Å². The molecule has 4 nitrogen and oxygen atoms in total. The van der Waals surface area contributed by atoms with Crippen molar-refractivity contribution in [2.45, 2.75) is 13.0 Å². The van der Waals surface area contributed by atoms with Crippen LogP contribution in [0.25, 0.3) is 0 Å². The van der Waals surface area contributed by atoms with Crippen molar-refractivity contribution in [2.24, 2.45) is 0 Å². The standard InChI is InChI=1S/C13H21N3O.2ClH/c1-14-9-8-13(17)15-10-11-6-4-5-7-12(11)16(2)3;;/h4-7,14H,8-10H2,1-3H3,(H,15,17);2*1H. The van der Waals surface area contributed by atoms with Crippen LogP contribution in [0.1, 0.15) is 12.0 Å². The van der Waals surface area contributed by atoms with Crippen LogP contribution in [-0.2, 0) is 11.3 Å². The highest BCUT2D eigenvalue weighted by Crippen LogP contribution is 2.17. The molecule has 0 atom stereocenters. The van der Waals surface area contributed by atoms with Gasteiger partial charge >= 0.3 is 0 Å². The van der Waals surface area contributed by atoms with Gasteiger partial charge in [0.25, 0.3) is 0 Å². The Bertz CT molecular complexity index is 373. The second kappa shape index (κ2) is 10.9. The molecule has 0 aliphatic rings. The minimum Gasteiger partial charge on any atom is -0.377 e. The van der Waals surface area contributed by atoms with Crippen LogP contribution >= 0.6 is 24.8 Å². The van der Waals surface area contributed by atoms with E-state index in [4.69, 9.17) is 0 Å². The van der Waals surface area contributed by atoms with Gasteiger partial charge in [0.2, 0.25) is 5.91 Å². The number of halogens is 2. The molecule has 0 radical (unpaired) electrons. The Morgan fingerprint density at radius 3 is 2.42 bits per heavy atom. The average Bonchev–Trinajstić information content (AvgIpc) is 2.34. The highest BCUT2D eigenvalue weighted by Gasteiger charge is 2.05. The van der Waals surface area contributed by atoms with Gasteiger partial charge in [0, 0.05) is 39.3 Å². The largest absolute Gasteiger partial charge is 0.377 e. The van der Waals surface area contributed by atoms with E-state index in [9.17, 15) is 4.79 Å². The van der Waals surface area contributed by atoms with Crippen molar-refractivity contribution in [1.82, 2.24) is 10.6 Å². The molecule has 0 bridgehead atoms. The van der Waals surface area contributed by atoms with Crippen LogP contribution in [0.4, 0.5) is 5.69 Å². The molecule has 110 valence electrons. The molecule has 0 fully saturated rings. The maximum Gasteiger partial charge on any atom is 0.221 e. The number of rotatable bonds is 6. The summed E-state index contributed by atoms with van der Waals surface area (Å²) in [6.07, 6.45) is 0.515. The van der Waals surface area contributed by atoms with Crippen LogP contribution < -0.4 is 15.5 Å². The third-order valence-electron chi connectivity index (χ3n) is 2.55. The number of benzene rings is 1. The van der Waals surface area contributed by atoms with Crippen molar-refractivity contribution in [1.29, 1.82) is 0 Å². The molecule has 0 aliphatic carbocycles. The van der Waals surface area contributed by atoms with Crippen molar-refractivity contribution in [3.8, 4) is 0 Å². The maximum absolute atomic E-state index is 11.5. The van der Waals surface area contributed by atoms with Gasteiger partial charge in [0.1, 0.15) is 0 Å². The fourth-order valence-corrected chi connectivity index (χ4v) is 1.62. The molecule has 2 N–H and O–H groups in total. The molecule has 0 aliphatic heterocycles. The lowest BCUT2D eigenvalue weighted by molar-refractivity contribution is -0.121. The maximum atomic E-state index is 11.5. The summed E-state index contributed by atoms with van der Waals surface area (Å²) in [6, 6.07) is 8.08. The summed E-state index contributed by atoms with van der Waals surface area (Å²) in [5, 5.41) is 5.88. The van der Waals surface area contributed by atoms with Gasteiger partial charge in [0.15, 0.2) is 0 Å². The third-order valence-corrected chi connectivity index (χ3v) is 2.55. The molecule has 0 saturated heterocycles. The van der Waals surface area contributed by atoms with Gasteiger partial charge in [-0.2, -0.15) is 0 Å². The van der Waals surface area contributed by atoms with Crippen molar-refractivity contribution in [3.05, 3.63) is 29.8 Å². The number of hydrogen-bond donors (Lipinski definition) is 2. The normalized spacial score (nSPS) is 9.00. The number of nitrogens with zero attached hydrogens (tertiary/aromatic N) is 1. The highest BCUT2D eigenvalue weighted by atomic mass is 35.5. The number of amides is 1. The fraction of sp³-hybridized carbons (Fsp3) is 0.462. The molecule has 0 saturated carbocycles. The van der Waals surface area contributed by atoms with E-state index in [-0.39, 0.29) is 30.7 Å². The van der Waals surface area contributed by atoms with Gasteiger partial charge < -0.3 is 15.5 Å². The van der Waals surface area contributed by atoms with Gasteiger partial charge in [0.05, 0.1) is 0 Å². The zero-order valence-corrected chi connectivity index (χ0v) is 13.2. The van der Waals surface area contributed by atoms with E-state index in [0.29, 0.717) is 19.5 Å². The molecule has 1 aromatic carbocycles. The first kappa shape index (κ1) is 20.3. The lowest BCUT2D eigenvalue weighted by Crippen LogP contribution is -2.26. The Hall–Kier alpha value is -0.970. The second-order valence-corrected chi connectivity index (χ2v) is 4.15. The lowest BCUT2D eigenvalue weighted by Gasteiger charge is -2.17. The topological polar surface area (TPSA) is 44.4 Å². The van der Waals surface area contributed by atoms with E-state index in [1.54, 1.807) is 0 Å². The first-order valence-corrected chi connectivity index (χ1v) is 5.81. The summed E-state index contributed by atoms with van der Waals surface area (Å²) in [7, 11) is 5.85. The molecule has 6 heteroatoms. The monoisotopic (exact) mass is 307 g/mol. The van der Waals surface area contributed by atoms with Crippen LogP contribution in [0.3, 0.4) is 0 Å². The van der Waals surface area contributed by atoms with Crippen molar-refractivity contribution < 1.29 is 4.79 Å². The van der Waals surface area contributed by atoms with Crippen molar-refractivity contribution >= 4 is 36.4 Å². The second-order valence-electron chi connectivity index (χ2n) is 4.15. The Kier molecular flexibility index (Phi) is 11.7. The minimum atomic E-state index is 0. The number of carbonyl (C=O) groups excluding carboxylic acids is 1. The molecule has 0 aromatic heterocycles. The first-order valence-electron chi connectivity index (χ1n) is 5.81. The quantitative estimate of drug-likeness (QED) is 0.842. The Morgan fingerprint density at radius 1 is 1.21 bits per heavy atom. The van der Waals surface area contributed by atoms with Crippen molar-refractivity contribution in [3.63, 3.8) is 0 Å². The Balaban J connectivity index is 0. The Morgan fingerprint density at radius 2 is 1.84 bits per heavy atom. The average molecular weight is 308 g/mol. The molecular weight excluding hydrogens is 285 g/mol. The predicted molar refractivity (Wildman–Crippen MR) is 85.7 cm³/mol. The molecule has 1 amide bonds. The summed E-state index contributed by atoms with van der Waals surface area (Å²) < 4.78 is 0. The summed E-state index contributed by atoms with van der Waals surface area (Å²) in [4.78, 5) is 13.5. The predicted octanol–water partition coefficient (Wildman–Crippen LogP) is 1.82. The Labute approximate surface area is 127 Å². The van der Waals surface area contributed by atoms with E-state index in [0.717, 1.165) is 11.3 Å². The number of hydrogen-bond acceptors (Lipinski definition) is 3. The number of para-hydroxylation sites is 1. The minimum absolute atomic E-state index is 0. The zero-order valence-electron chi connectivity index (χ0n) is 11.6. The molecule has 1 aromatic rings. The van der Waals surface area contributed by atoms with Gasteiger partial charge in [-0.3, -0.25) is 4.79 Å². The van der Waals surface area contributed by atoms with E-state index >= 15 is 0 Å². The summed E-state index contributed by atoms with van der Waals surface area (Å²) in [5.41, 5.74) is 2.27. The highest BCUT2D eigenvalue weighted by molar-refractivity contribution is 5.85. The zero-order chi connectivity index (χ0) is 12.7. The van der Waals surface area contributed by atoms with E-state index in [2.05, 4.69) is 21.6 Å². The van der Waals surface area contributed by atoms with Crippen LogP contribution in [0.5, 0.6) is 0 Å². The summed E-state index contributed by atoms with van der Waals surface area (Å²) >= 11 is 0. The first-order chi connectivity index (χ1) is 8.15. The third kappa shape index (κ3) is 7.25. The van der Waals surface area contributed by atoms with Crippen molar-refractivity contribution in [2.75, 3.05) is 32.6 Å². The number of carbonyl (C=O) groups is 1. The number of nitrogens with one attached hydrogen (secondary N) is 2. The van der Waals surface area contributed by atoms with E-state index in [1.807, 2.05) is 39.3 Å². The molecule has 0 unspecified atom stereocenters. The molecular formula is C13H23Cl2N3O. The molecule has 19 heavy (non-hydrogen) atoms. The fourth-order valence-electron chi connectivity index (χ4n) is 1.62. The number of anilines is 1.